The fourth-order valence-corrected chi connectivity index (χ4v) is 1.89. The summed E-state index contributed by atoms with van der Waals surface area (Å²) in [6.07, 6.45) is -0.562. The minimum absolute atomic E-state index is 0.351. The predicted octanol–water partition coefficient (Wildman–Crippen LogP) is 0.808. The van der Waals surface area contributed by atoms with E-state index in [1.165, 1.54) is 10.7 Å². The van der Waals surface area contributed by atoms with E-state index < -0.39 is 18.8 Å². The van der Waals surface area contributed by atoms with Crippen LogP contribution in [-0.2, 0) is 4.74 Å². The molecule has 0 atom stereocenters. The van der Waals surface area contributed by atoms with E-state index in [1.54, 1.807) is 39.8 Å². The van der Waals surface area contributed by atoms with Crippen LogP contribution in [0.1, 0.15) is 26.5 Å². The van der Waals surface area contributed by atoms with Crippen molar-refractivity contribution in [1.29, 1.82) is 0 Å². The molecule has 0 radical (unpaired) electrons. The van der Waals surface area contributed by atoms with Gasteiger partial charge in [-0.15, -0.1) is 0 Å². The second-order valence-electron chi connectivity index (χ2n) is 5.63. The average molecular weight is 276 g/mol. The van der Waals surface area contributed by atoms with Gasteiger partial charge in [-0.05, 0) is 39.2 Å². The molecule has 0 aliphatic heterocycles. The molecule has 0 aliphatic rings. The first-order chi connectivity index (χ1) is 9.19. The van der Waals surface area contributed by atoms with Crippen molar-refractivity contribution in [2.75, 3.05) is 0 Å². The summed E-state index contributed by atoms with van der Waals surface area (Å²) in [5, 5.41) is 23.2. The summed E-state index contributed by atoms with van der Waals surface area (Å²) in [4.78, 5) is 12.1. The van der Waals surface area contributed by atoms with Gasteiger partial charge in [0.15, 0.2) is 0 Å². The molecule has 0 amide bonds. The van der Waals surface area contributed by atoms with Gasteiger partial charge in [-0.1, -0.05) is 12.1 Å². The number of hydrogen-bond donors (Lipinski definition) is 2. The van der Waals surface area contributed by atoms with Crippen molar-refractivity contribution in [2.24, 2.45) is 0 Å². The molecule has 0 spiro atoms. The quantitative estimate of drug-likeness (QED) is 0.753. The molecule has 7 heteroatoms. The third-order valence-corrected chi connectivity index (χ3v) is 2.75. The van der Waals surface area contributed by atoms with Crippen LogP contribution in [0.15, 0.2) is 18.2 Å². The van der Waals surface area contributed by atoms with Crippen LogP contribution >= 0.6 is 0 Å². The monoisotopic (exact) mass is 276 g/mol. The minimum Gasteiger partial charge on any atom is -0.442 e. The maximum atomic E-state index is 12.1. The molecular weight excluding hydrogens is 259 g/mol. The molecule has 20 heavy (non-hydrogen) atoms. The highest BCUT2D eigenvalue weighted by Gasteiger charge is 2.22. The Morgan fingerprint density at radius 2 is 2.00 bits per heavy atom. The molecule has 6 nitrogen and oxygen atoms in total. The lowest BCUT2D eigenvalue weighted by molar-refractivity contribution is 0.0522. The number of carbonyl (C=O) groups is 1. The molecule has 2 aromatic rings. The van der Waals surface area contributed by atoms with Crippen molar-refractivity contribution in [3.05, 3.63) is 23.9 Å². The van der Waals surface area contributed by atoms with E-state index in [0.717, 1.165) is 0 Å². The van der Waals surface area contributed by atoms with Gasteiger partial charge in [-0.25, -0.2) is 4.79 Å². The molecule has 1 aromatic heterocycles. The smallest absolute Gasteiger partial charge is 0.442 e. The standard InChI is InChI=1S/C13H17BN2O4/c1-8-10-7-9(14(18)19)5-6-11(10)16(15-8)12(17)20-13(2,3)4/h5-7,18-19H,1-4H3. The Labute approximate surface area is 117 Å². The summed E-state index contributed by atoms with van der Waals surface area (Å²) in [6, 6.07) is 4.76. The van der Waals surface area contributed by atoms with Crippen molar-refractivity contribution >= 4 is 29.6 Å². The first-order valence-corrected chi connectivity index (χ1v) is 6.28. The van der Waals surface area contributed by atoms with Crippen LogP contribution in [0.5, 0.6) is 0 Å². The maximum absolute atomic E-state index is 12.1. The van der Waals surface area contributed by atoms with Gasteiger partial charge >= 0.3 is 13.2 Å². The van der Waals surface area contributed by atoms with E-state index in [9.17, 15) is 14.8 Å². The van der Waals surface area contributed by atoms with Crippen LogP contribution in [0.4, 0.5) is 4.79 Å². The van der Waals surface area contributed by atoms with Gasteiger partial charge in [0.2, 0.25) is 0 Å². The van der Waals surface area contributed by atoms with E-state index in [1.807, 2.05) is 0 Å². The average Bonchev–Trinajstić information content (AvgIpc) is 2.64. The summed E-state index contributed by atoms with van der Waals surface area (Å²) in [5.41, 5.74) is 0.934. The van der Waals surface area contributed by atoms with Crippen molar-refractivity contribution in [3.8, 4) is 0 Å². The lowest BCUT2D eigenvalue weighted by Gasteiger charge is -2.19. The summed E-state index contributed by atoms with van der Waals surface area (Å²) < 4.78 is 6.47. The molecule has 0 saturated heterocycles. The number of ether oxygens (including phenoxy) is 1. The second-order valence-corrected chi connectivity index (χ2v) is 5.63. The van der Waals surface area contributed by atoms with Crippen LogP contribution < -0.4 is 5.46 Å². The zero-order valence-corrected chi connectivity index (χ0v) is 11.9. The van der Waals surface area contributed by atoms with Gasteiger partial charge in [0.25, 0.3) is 0 Å². The van der Waals surface area contributed by atoms with Crippen LogP contribution in [0.25, 0.3) is 10.9 Å². The molecule has 1 heterocycles. The number of benzene rings is 1. The van der Waals surface area contributed by atoms with Crippen molar-refractivity contribution in [2.45, 2.75) is 33.3 Å². The van der Waals surface area contributed by atoms with Crippen molar-refractivity contribution in [3.63, 3.8) is 0 Å². The van der Waals surface area contributed by atoms with E-state index in [2.05, 4.69) is 5.10 Å². The Morgan fingerprint density at radius 1 is 1.35 bits per heavy atom. The summed E-state index contributed by atoms with van der Waals surface area (Å²) >= 11 is 0. The summed E-state index contributed by atoms with van der Waals surface area (Å²) in [7, 11) is -1.55. The van der Waals surface area contributed by atoms with E-state index in [4.69, 9.17) is 4.74 Å². The zero-order chi connectivity index (χ0) is 15.1. The molecule has 1 aromatic carbocycles. The van der Waals surface area contributed by atoms with Crippen LogP contribution in [0.3, 0.4) is 0 Å². The maximum Gasteiger partial charge on any atom is 0.488 e. The first-order valence-electron chi connectivity index (χ1n) is 6.28. The number of rotatable bonds is 1. The molecule has 0 bridgehead atoms. The highest BCUT2D eigenvalue weighted by atomic mass is 16.6. The third kappa shape index (κ3) is 2.83. The number of aryl methyl sites for hydroxylation is 1. The molecule has 0 unspecified atom stereocenters. The lowest BCUT2D eigenvalue weighted by atomic mass is 9.80. The first kappa shape index (κ1) is 14.6. The largest absolute Gasteiger partial charge is 0.488 e. The lowest BCUT2D eigenvalue weighted by Crippen LogP contribution is -2.29. The van der Waals surface area contributed by atoms with Gasteiger partial charge in [0.05, 0.1) is 11.2 Å². The number of aromatic nitrogens is 2. The normalized spacial score (nSPS) is 11.7. The molecular formula is C13H17BN2O4. The zero-order valence-electron chi connectivity index (χ0n) is 11.9. The van der Waals surface area contributed by atoms with E-state index >= 15 is 0 Å². The fraction of sp³-hybridized carbons (Fsp3) is 0.385. The molecule has 0 fully saturated rings. The SMILES string of the molecule is Cc1nn(C(=O)OC(C)(C)C)c2ccc(B(O)O)cc12. The number of nitrogens with zero attached hydrogens (tertiary/aromatic N) is 2. The number of hydrogen-bond acceptors (Lipinski definition) is 5. The Bertz CT molecular complexity index is 658. The van der Waals surface area contributed by atoms with Crippen molar-refractivity contribution in [1.82, 2.24) is 9.78 Å². The molecule has 0 aliphatic carbocycles. The topological polar surface area (TPSA) is 84.6 Å². The van der Waals surface area contributed by atoms with Crippen LogP contribution in [0.2, 0.25) is 0 Å². The predicted molar refractivity (Wildman–Crippen MR) is 75.9 cm³/mol. The van der Waals surface area contributed by atoms with Gasteiger partial charge in [-0.3, -0.25) is 0 Å². The fourth-order valence-electron chi connectivity index (χ4n) is 1.89. The Balaban J connectivity index is 2.49. The van der Waals surface area contributed by atoms with Gasteiger partial charge < -0.3 is 14.8 Å². The number of fused-ring (bicyclic) bond motifs is 1. The highest BCUT2D eigenvalue weighted by molar-refractivity contribution is 6.58. The molecule has 2 rings (SSSR count). The third-order valence-electron chi connectivity index (χ3n) is 2.75. The van der Waals surface area contributed by atoms with E-state index in [-0.39, 0.29) is 0 Å². The van der Waals surface area contributed by atoms with Gasteiger partial charge in [0.1, 0.15) is 5.60 Å². The van der Waals surface area contributed by atoms with Crippen LogP contribution in [0, 0.1) is 6.92 Å². The Kier molecular flexibility index (Phi) is 3.58. The highest BCUT2D eigenvalue weighted by Crippen LogP contribution is 2.18. The Hall–Kier alpha value is -1.86. The van der Waals surface area contributed by atoms with Gasteiger partial charge in [-0.2, -0.15) is 9.78 Å². The Morgan fingerprint density at radius 3 is 2.55 bits per heavy atom. The second kappa shape index (κ2) is 4.92. The number of carbonyl (C=O) groups excluding carboxylic acids is 1. The minimum atomic E-state index is -1.55. The van der Waals surface area contributed by atoms with Crippen molar-refractivity contribution < 1.29 is 19.6 Å². The molecule has 106 valence electrons. The van der Waals surface area contributed by atoms with Gasteiger partial charge in [0, 0.05) is 5.39 Å². The van der Waals surface area contributed by atoms with E-state index in [0.29, 0.717) is 22.1 Å². The summed E-state index contributed by atoms with van der Waals surface area (Å²) in [5.74, 6) is 0. The molecule has 0 saturated carbocycles. The molecule has 2 N–H and O–H groups in total. The summed E-state index contributed by atoms with van der Waals surface area (Å²) in [6.45, 7) is 7.09. The van der Waals surface area contributed by atoms with Crippen LogP contribution in [-0.4, -0.2) is 38.6 Å².